The highest BCUT2D eigenvalue weighted by atomic mass is 16.9. The van der Waals surface area contributed by atoms with E-state index in [4.69, 9.17) is 14.8 Å². The molecule has 92 valence electrons. The summed E-state index contributed by atoms with van der Waals surface area (Å²) in [6.45, 7) is 9.55. The van der Waals surface area contributed by atoms with Crippen LogP contribution in [0.5, 0.6) is 0 Å². The smallest absolute Gasteiger partial charge is 0.303 e. The minimum Gasteiger partial charge on any atom is -0.481 e. The van der Waals surface area contributed by atoms with E-state index in [1.807, 2.05) is 34.6 Å². The van der Waals surface area contributed by atoms with Crippen molar-refractivity contribution < 1.29 is 19.6 Å². The lowest BCUT2D eigenvalue weighted by molar-refractivity contribution is -0.208. The molecule has 0 aromatic heterocycles. The highest BCUT2D eigenvalue weighted by Crippen LogP contribution is 1.86. The molecule has 0 aromatic carbocycles. The van der Waals surface area contributed by atoms with Crippen LogP contribution in [-0.4, -0.2) is 23.3 Å². The van der Waals surface area contributed by atoms with Crippen molar-refractivity contribution in [3.05, 3.63) is 0 Å². The van der Waals surface area contributed by atoms with E-state index in [0.717, 1.165) is 6.42 Å². The minimum absolute atomic E-state index is 0.156. The molecule has 0 saturated heterocycles. The van der Waals surface area contributed by atoms with Crippen LogP contribution in [0.3, 0.4) is 0 Å². The quantitative estimate of drug-likeness (QED) is 0.672. The Labute approximate surface area is 91.7 Å². The van der Waals surface area contributed by atoms with Crippen LogP contribution in [-0.2, 0) is 14.5 Å². The number of rotatable bonds is 6. The second-order valence-electron chi connectivity index (χ2n) is 3.56. The molecule has 0 fully saturated rings. The van der Waals surface area contributed by atoms with Gasteiger partial charge in [0.2, 0.25) is 0 Å². The molecule has 5 heteroatoms. The number of aliphatic carboxylic acids is 1. The molecule has 0 rings (SSSR count). The van der Waals surface area contributed by atoms with Crippen LogP contribution in [0.2, 0.25) is 0 Å². The number of carbonyl (C=O) groups is 1. The van der Waals surface area contributed by atoms with E-state index in [1.54, 1.807) is 0 Å². The van der Waals surface area contributed by atoms with Crippen LogP contribution in [0.4, 0.5) is 0 Å². The van der Waals surface area contributed by atoms with Crippen molar-refractivity contribution in [2.45, 2.75) is 59.7 Å². The third-order valence-corrected chi connectivity index (χ3v) is 1.03. The van der Waals surface area contributed by atoms with Gasteiger partial charge in [-0.05, 0) is 34.1 Å². The number of hydrogen-bond donors (Lipinski definition) is 2. The Morgan fingerprint density at radius 2 is 1.60 bits per heavy atom. The van der Waals surface area contributed by atoms with Crippen molar-refractivity contribution in [3.63, 3.8) is 0 Å². The molecule has 0 spiro atoms. The zero-order valence-corrected chi connectivity index (χ0v) is 10.2. The van der Waals surface area contributed by atoms with E-state index in [2.05, 4.69) is 5.64 Å². The lowest BCUT2D eigenvalue weighted by Gasteiger charge is -2.10. The van der Waals surface area contributed by atoms with Crippen molar-refractivity contribution >= 4 is 5.97 Å². The minimum atomic E-state index is -0.711. The average Bonchev–Trinajstić information content (AvgIpc) is 2.03. The van der Waals surface area contributed by atoms with Gasteiger partial charge >= 0.3 is 5.97 Å². The zero-order valence-electron chi connectivity index (χ0n) is 10.2. The SMILES string of the molecule is CC(C)ONOC(C)C.CCCC(=O)O. The summed E-state index contributed by atoms with van der Waals surface area (Å²) in [5, 5.41) is 7.91. The molecular formula is C10H23NO4. The van der Waals surface area contributed by atoms with Crippen molar-refractivity contribution in [1.29, 1.82) is 0 Å². The molecule has 0 bridgehead atoms. The first-order chi connectivity index (χ1) is 6.90. The lowest BCUT2D eigenvalue weighted by Crippen LogP contribution is -2.23. The molecule has 0 aliphatic carbocycles. The molecule has 0 aliphatic heterocycles. The van der Waals surface area contributed by atoms with Crippen molar-refractivity contribution in [3.8, 4) is 0 Å². The normalized spacial score (nSPS) is 10.1. The predicted octanol–water partition coefficient (Wildman–Crippen LogP) is 2.13. The molecule has 0 heterocycles. The fraction of sp³-hybridized carbons (Fsp3) is 0.900. The van der Waals surface area contributed by atoms with Crippen molar-refractivity contribution in [1.82, 2.24) is 5.64 Å². The summed E-state index contributed by atoms with van der Waals surface area (Å²) in [6.07, 6.45) is 1.34. The number of nitrogens with one attached hydrogen (secondary N) is 1. The summed E-state index contributed by atoms with van der Waals surface area (Å²) >= 11 is 0. The third kappa shape index (κ3) is 24.7. The summed E-state index contributed by atoms with van der Waals surface area (Å²) in [7, 11) is 0. The Balaban J connectivity index is 0. The van der Waals surface area contributed by atoms with Gasteiger partial charge in [0, 0.05) is 6.42 Å². The summed E-state index contributed by atoms with van der Waals surface area (Å²) < 4.78 is 0. The van der Waals surface area contributed by atoms with Gasteiger partial charge in [0.25, 0.3) is 0 Å². The summed E-state index contributed by atoms with van der Waals surface area (Å²) in [6, 6.07) is 0. The van der Waals surface area contributed by atoms with Crippen molar-refractivity contribution in [2.24, 2.45) is 0 Å². The molecule has 0 saturated carbocycles. The topological polar surface area (TPSA) is 67.8 Å². The summed E-state index contributed by atoms with van der Waals surface area (Å²) in [4.78, 5) is 19.4. The maximum atomic E-state index is 9.60. The third-order valence-electron chi connectivity index (χ3n) is 1.03. The number of carboxylic acid groups (broad SMARTS) is 1. The van der Waals surface area contributed by atoms with Gasteiger partial charge in [0.15, 0.2) is 0 Å². The van der Waals surface area contributed by atoms with E-state index in [1.165, 1.54) is 0 Å². The molecular weight excluding hydrogens is 198 g/mol. The summed E-state index contributed by atoms with van der Waals surface area (Å²) in [5.41, 5.74) is 2.38. The Bertz CT molecular complexity index is 140. The molecule has 0 atom stereocenters. The van der Waals surface area contributed by atoms with Gasteiger partial charge in [-0.15, -0.1) is 0 Å². The van der Waals surface area contributed by atoms with E-state index in [-0.39, 0.29) is 12.2 Å². The van der Waals surface area contributed by atoms with E-state index in [9.17, 15) is 4.79 Å². The van der Waals surface area contributed by atoms with Gasteiger partial charge in [-0.25, -0.2) is 0 Å². The molecule has 0 aliphatic rings. The Kier molecular flexibility index (Phi) is 12.8. The highest BCUT2D eigenvalue weighted by Gasteiger charge is 1.93. The molecule has 0 aromatic rings. The highest BCUT2D eigenvalue weighted by molar-refractivity contribution is 5.66. The molecule has 0 amide bonds. The van der Waals surface area contributed by atoms with Gasteiger partial charge in [-0.1, -0.05) is 12.6 Å². The standard InChI is InChI=1S/C6H15NO2.C4H8O2/c1-5(2)8-7-9-6(3)4;1-2-3-4(5)6/h5-7H,1-4H3;2-3H2,1H3,(H,5,6). The monoisotopic (exact) mass is 221 g/mol. The van der Waals surface area contributed by atoms with Gasteiger partial charge in [0.1, 0.15) is 0 Å². The number of carboxylic acids is 1. The first kappa shape index (κ1) is 16.8. The van der Waals surface area contributed by atoms with E-state index in [0.29, 0.717) is 6.42 Å². The molecule has 5 nitrogen and oxygen atoms in total. The van der Waals surface area contributed by atoms with Gasteiger partial charge < -0.3 is 5.11 Å². The Morgan fingerprint density at radius 1 is 1.20 bits per heavy atom. The van der Waals surface area contributed by atoms with E-state index < -0.39 is 5.97 Å². The second-order valence-corrected chi connectivity index (χ2v) is 3.56. The average molecular weight is 221 g/mol. The first-order valence-electron chi connectivity index (χ1n) is 5.18. The summed E-state index contributed by atoms with van der Waals surface area (Å²) in [5.74, 6) is -0.711. The second kappa shape index (κ2) is 11.4. The molecule has 15 heavy (non-hydrogen) atoms. The maximum Gasteiger partial charge on any atom is 0.303 e. The van der Waals surface area contributed by atoms with E-state index >= 15 is 0 Å². The Morgan fingerprint density at radius 3 is 1.73 bits per heavy atom. The van der Waals surface area contributed by atoms with Crippen LogP contribution in [0.1, 0.15) is 47.5 Å². The van der Waals surface area contributed by atoms with Crippen LogP contribution >= 0.6 is 0 Å². The largest absolute Gasteiger partial charge is 0.481 e. The molecule has 0 unspecified atom stereocenters. The number of hydrogen-bond acceptors (Lipinski definition) is 4. The Hall–Kier alpha value is -0.650. The lowest BCUT2D eigenvalue weighted by atomic mass is 10.4. The van der Waals surface area contributed by atoms with Crippen LogP contribution in [0, 0.1) is 0 Å². The fourth-order valence-corrected chi connectivity index (χ4v) is 0.434. The van der Waals surface area contributed by atoms with Gasteiger partial charge in [-0.3, -0.25) is 14.5 Å². The maximum absolute atomic E-state index is 9.60. The van der Waals surface area contributed by atoms with Crippen LogP contribution in [0.25, 0.3) is 0 Å². The molecule has 0 radical (unpaired) electrons. The van der Waals surface area contributed by atoms with Gasteiger partial charge in [0.05, 0.1) is 12.2 Å². The fourth-order valence-electron chi connectivity index (χ4n) is 0.434. The van der Waals surface area contributed by atoms with Crippen LogP contribution < -0.4 is 5.64 Å². The van der Waals surface area contributed by atoms with Crippen LogP contribution in [0.15, 0.2) is 0 Å². The van der Waals surface area contributed by atoms with Crippen molar-refractivity contribution in [2.75, 3.05) is 0 Å². The molecule has 2 N–H and O–H groups in total. The predicted molar refractivity (Wildman–Crippen MR) is 58.1 cm³/mol. The zero-order chi connectivity index (χ0) is 12.3. The van der Waals surface area contributed by atoms with Gasteiger partial charge in [-0.2, -0.15) is 0 Å². The first-order valence-corrected chi connectivity index (χ1v) is 5.18.